The Bertz CT molecular complexity index is 393. The molecule has 84 valence electrons. The van der Waals surface area contributed by atoms with Gasteiger partial charge in [0.2, 0.25) is 0 Å². The molecule has 0 aliphatic heterocycles. The quantitative estimate of drug-likeness (QED) is 0.626. The van der Waals surface area contributed by atoms with Crippen LogP contribution in [0.15, 0.2) is 36.4 Å². The van der Waals surface area contributed by atoms with E-state index in [0.717, 1.165) is 5.92 Å². The van der Waals surface area contributed by atoms with Crippen molar-refractivity contribution in [2.45, 2.75) is 31.1 Å². The van der Waals surface area contributed by atoms with E-state index in [9.17, 15) is 0 Å². The number of allylic oxidation sites excluding steroid dienone is 2. The van der Waals surface area contributed by atoms with Gasteiger partial charge in [-0.25, -0.2) is 0 Å². The Morgan fingerprint density at radius 2 is 1.88 bits per heavy atom. The lowest BCUT2D eigenvalue weighted by molar-refractivity contribution is 0.311. The van der Waals surface area contributed by atoms with Crippen LogP contribution >= 0.6 is 11.6 Å². The molecule has 0 amide bonds. The van der Waals surface area contributed by atoms with E-state index >= 15 is 0 Å². The number of fused-ring (bicyclic) bond motifs is 1. The minimum absolute atomic E-state index is 0.375. The number of benzene rings is 1. The zero-order valence-electron chi connectivity index (χ0n) is 9.40. The molecule has 1 fully saturated rings. The maximum absolute atomic E-state index is 6.43. The number of halogens is 1. The first-order valence-electron chi connectivity index (χ1n) is 6.25. The van der Waals surface area contributed by atoms with E-state index in [1.165, 1.54) is 36.8 Å². The second kappa shape index (κ2) is 4.25. The summed E-state index contributed by atoms with van der Waals surface area (Å²) in [5.41, 5.74) is 2.91. The Morgan fingerprint density at radius 3 is 2.62 bits per heavy atom. The van der Waals surface area contributed by atoms with E-state index in [1.807, 2.05) is 0 Å². The van der Waals surface area contributed by atoms with E-state index in [1.54, 1.807) is 0 Å². The SMILES string of the molecule is ClC1CCCC2CC(c3ccccc3)=CC12. The summed E-state index contributed by atoms with van der Waals surface area (Å²) in [6.07, 6.45) is 7.54. The van der Waals surface area contributed by atoms with Crippen molar-refractivity contribution < 1.29 is 0 Å². The third-order valence-electron chi connectivity index (χ3n) is 4.04. The van der Waals surface area contributed by atoms with E-state index in [0.29, 0.717) is 11.3 Å². The molecule has 2 aliphatic rings. The Balaban J connectivity index is 1.86. The second-order valence-corrected chi connectivity index (χ2v) is 5.61. The van der Waals surface area contributed by atoms with Gasteiger partial charge in [-0.3, -0.25) is 0 Å². The maximum atomic E-state index is 6.43. The molecule has 3 atom stereocenters. The predicted octanol–water partition coefficient (Wildman–Crippen LogP) is 4.50. The normalized spacial score (nSPS) is 33.3. The highest BCUT2D eigenvalue weighted by Gasteiger charge is 2.35. The first-order valence-corrected chi connectivity index (χ1v) is 6.68. The lowest BCUT2D eigenvalue weighted by Gasteiger charge is -2.29. The molecule has 0 N–H and O–H groups in total. The van der Waals surface area contributed by atoms with Crippen LogP contribution in [0.1, 0.15) is 31.2 Å². The summed E-state index contributed by atoms with van der Waals surface area (Å²) in [5, 5.41) is 0.375. The third kappa shape index (κ3) is 1.80. The lowest BCUT2D eigenvalue weighted by atomic mass is 9.81. The van der Waals surface area contributed by atoms with E-state index in [-0.39, 0.29) is 0 Å². The van der Waals surface area contributed by atoms with Gasteiger partial charge < -0.3 is 0 Å². The average Bonchev–Trinajstić information content (AvgIpc) is 2.76. The van der Waals surface area contributed by atoms with Gasteiger partial charge in [-0.05, 0) is 42.2 Å². The Hall–Kier alpha value is -0.750. The van der Waals surface area contributed by atoms with Crippen molar-refractivity contribution in [3.8, 4) is 0 Å². The van der Waals surface area contributed by atoms with Gasteiger partial charge in [0.05, 0.1) is 0 Å². The molecule has 3 rings (SSSR count). The zero-order valence-corrected chi connectivity index (χ0v) is 10.2. The smallest absolute Gasteiger partial charge is 0.0401 e. The molecule has 0 saturated heterocycles. The Labute approximate surface area is 102 Å². The van der Waals surface area contributed by atoms with Gasteiger partial charge in [-0.2, -0.15) is 0 Å². The number of alkyl halides is 1. The summed E-state index contributed by atoms with van der Waals surface area (Å²) >= 11 is 6.43. The monoisotopic (exact) mass is 232 g/mol. The fourth-order valence-electron chi connectivity index (χ4n) is 3.18. The molecule has 16 heavy (non-hydrogen) atoms. The predicted molar refractivity (Wildman–Crippen MR) is 69.5 cm³/mol. The van der Waals surface area contributed by atoms with Gasteiger partial charge in [0.1, 0.15) is 0 Å². The number of hydrogen-bond acceptors (Lipinski definition) is 0. The van der Waals surface area contributed by atoms with Crippen LogP contribution < -0.4 is 0 Å². The third-order valence-corrected chi connectivity index (χ3v) is 4.55. The van der Waals surface area contributed by atoms with Crippen LogP contribution in [0.5, 0.6) is 0 Å². The Morgan fingerprint density at radius 1 is 1.06 bits per heavy atom. The average molecular weight is 233 g/mol. The summed E-state index contributed by atoms with van der Waals surface area (Å²) in [7, 11) is 0. The van der Waals surface area contributed by atoms with Crippen LogP contribution in [-0.4, -0.2) is 5.38 Å². The van der Waals surface area contributed by atoms with E-state index in [4.69, 9.17) is 11.6 Å². The minimum atomic E-state index is 0.375. The zero-order chi connectivity index (χ0) is 11.0. The molecule has 0 spiro atoms. The molecular weight excluding hydrogens is 216 g/mol. The molecule has 0 aromatic heterocycles. The largest absolute Gasteiger partial charge is 0.122 e. The van der Waals surface area contributed by atoms with Crippen LogP contribution in [0.25, 0.3) is 5.57 Å². The topological polar surface area (TPSA) is 0 Å². The van der Waals surface area contributed by atoms with E-state index < -0.39 is 0 Å². The van der Waals surface area contributed by atoms with Crippen molar-refractivity contribution in [1.29, 1.82) is 0 Å². The van der Waals surface area contributed by atoms with Crippen LogP contribution in [0.2, 0.25) is 0 Å². The van der Waals surface area contributed by atoms with Crippen LogP contribution in [0.4, 0.5) is 0 Å². The molecule has 0 radical (unpaired) electrons. The first-order chi connectivity index (χ1) is 7.84. The summed E-state index contributed by atoms with van der Waals surface area (Å²) in [5.74, 6) is 1.44. The van der Waals surface area contributed by atoms with E-state index in [2.05, 4.69) is 36.4 Å². The standard InChI is InChI=1S/C15H17Cl/c16-15-8-4-7-12-9-13(10-14(12)15)11-5-2-1-3-6-11/h1-3,5-6,10,12,14-15H,4,7-9H2. The second-order valence-electron chi connectivity index (χ2n) is 5.05. The van der Waals surface area contributed by atoms with Gasteiger partial charge in [0.25, 0.3) is 0 Å². The molecule has 1 heteroatoms. The number of rotatable bonds is 1. The molecular formula is C15H17Cl. The van der Waals surface area contributed by atoms with Crippen molar-refractivity contribution >= 4 is 17.2 Å². The van der Waals surface area contributed by atoms with Gasteiger partial charge in [0.15, 0.2) is 0 Å². The van der Waals surface area contributed by atoms with Crippen LogP contribution in [0.3, 0.4) is 0 Å². The van der Waals surface area contributed by atoms with Crippen LogP contribution in [-0.2, 0) is 0 Å². The van der Waals surface area contributed by atoms with Gasteiger partial charge in [0, 0.05) is 5.38 Å². The summed E-state index contributed by atoms with van der Waals surface area (Å²) in [6, 6.07) is 10.8. The molecule has 1 aromatic rings. The maximum Gasteiger partial charge on any atom is 0.0401 e. The summed E-state index contributed by atoms with van der Waals surface area (Å²) < 4.78 is 0. The fraction of sp³-hybridized carbons (Fsp3) is 0.467. The number of hydrogen-bond donors (Lipinski definition) is 0. The molecule has 3 unspecified atom stereocenters. The van der Waals surface area contributed by atoms with Crippen molar-refractivity contribution in [2.75, 3.05) is 0 Å². The van der Waals surface area contributed by atoms with Crippen LogP contribution in [0, 0.1) is 11.8 Å². The Kier molecular flexibility index (Phi) is 2.77. The first kappa shape index (κ1) is 10.4. The lowest BCUT2D eigenvalue weighted by Crippen LogP contribution is -2.24. The van der Waals surface area contributed by atoms with Crippen molar-refractivity contribution in [3.63, 3.8) is 0 Å². The molecule has 1 aromatic carbocycles. The van der Waals surface area contributed by atoms with Gasteiger partial charge in [-0.1, -0.05) is 42.8 Å². The van der Waals surface area contributed by atoms with Gasteiger partial charge in [-0.15, -0.1) is 11.6 Å². The summed E-state index contributed by atoms with van der Waals surface area (Å²) in [4.78, 5) is 0. The molecule has 0 nitrogen and oxygen atoms in total. The molecule has 0 bridgehead atoms. The van der Waals surface area contributed by atoms with Crippen molar-refractivity contribution in [1.82, 2.24) is 0 Å². The van der Waals surface area contributed by atoms with Gasteiger partial charge >= 0.3 is 0 Å². The fourth-order valence-corrected chi connectivity index (χ4v) is 3.62. The highest BCUT2D eigenvalue weighted by molar-refractivity contribution is 6.21. The van der Waals surface area contributed by atoms with Crippen molar-refractivity contribution in [2.24, 2.45) is 11.8 Å². The molecule has 2 aliphatic carbocycles. The molecule has 1 saturated carbocycles. The minimum Gasteiger partial charge on any atom is -0.122 e. The molecule has 0 heterocycles. The summed E-state index contributed by atoms with van der Waals surface area (Å²) in [6.45, 7) is 0. The van der Waals surface area contributed by atoms with Crippen molar-refractivity contribution in [3.05, 3.63) is 42.0 Å². The highest BCUT2D eigenvalue weighted by Crippen LogP contribution is 2.45. The highest BCUT2D eigenvalue weighted by atomic mass is 35.5.